The zero-order valence-electron chi connectivity index (χ0n) is 7.24. The molecule has 0 atom stereocenters. The van der Waals surface area contributed by atoms with Gasteiger partial charge in [-0.3, -0.25) is 4.79 Å². The third kappa shape index (κ3) is 1.72. The number of hydrogen-bond acceptors (Lipinski definition) is 2. The monoisotopic (exact) mass is 222 g/mol. The molecular weight excluding hydrogens is 216 g/mol. The van der Waals surface area contributed by atoms with Crippen molar-refractivity contribution in [1.29, 1.82) is 0 Å². The van der Waals surface area contributed by atoms with Crippen LogP contribution in [0, 0.1) is 0 Å². The number of carbonyl (C=O) groups excluding carboxylic acids is 1. The highest BCUT2D eigenvalue weighted by Gasteiger charge is 2.04. The topological polar surface area (TPSA) is 17.1 Å². The van der Waals surface area contributed by atoms with Crippen molar-refractivity contribution in [2.45, 2.75) is 0 Å². The molecule has 1 heterocycles. The number of rotatable bonds is 2. The first-order valence-electron chi connectivity index (χ1n) is 4.08. The van der Waals surface area contributed by atoms with Crippen LogP contribution in [0.2, 0.25) is 5.02 Å². The molecular formula is C11H7ClOS. The predicted octanol–water partition coefficient (Wildman–Crippen LogP) is 3.88. The van der Waals surface area contributed by atoms with E-state index >= 15 is 0 Å². The maximum atomic E-state index is 10.8. The van der Waals surface area contributed by atoms with Gasteiger partial charge in [-0.25, -0.2) is 0 Å². The average Bonchev–Trinajstić information content (AvgIpc) is 2.70. The number of aldehydes is 1. The molecule has 70 valence electrons. The summed E-state index contributed by atoms with van der Waals surface area (Å²) >= 11 is 7.41. The summed E-state index contributed by atoms with van der Waals surface area (Å²) in [5, 5.41) is 4.58. The number of carbonyl (C=O) groups is 1. The fraction of sp³-hybridized carbons (Fsp3) is 0. The van der Waals surface area contributed by atoms with E-state index in [9.17, 15) is 4.79 Å². The molecule has 0 radical (unpaired) electrons. The van der Waals surface area contributed by atoms with Crippen molar-refractivity contribution in [1.82, 2.24) is 0 Å². The molecule has 0 fully saturated rings. The van der Waals surface area contributed by atoms with Gasteiger partial charge in [0.2, 0.25) is 0 Å². The van der Waals surface area contributed by atoms with Crippen molar-refractivity contribution >= 4 is 29.2 Å². The second-order valence-electron chi connectivity index (χ2n) is 2.86. The van der Waals surface area contributed by atoms with Crippen LogP contribution in [0.4, 0.5) is 0 Å². The number of hydrogen-bond donors (Lipinski definition) is 0. The minimum atomic E-state index is 0.589. The normalized spacial score (nSPS) is 10.1. The van der Waals surface area contributed by atoms with Crippen LogP contribution < -0.4 is 0 Å². The highest BCUT2D eigenvalue weighted by atomic mass is 35.5. The molecule has 14 heavy (non-hydrogen) atoms. The molecule has 2 rings (SSSR count). The molecule has 0 bridgehead atoms. The third-order valence-corrected chi connectivity index (χ3v) is 2.89. The van der Waals surface area contributed by atoms with Gasteiger partial charge in [0.15, 0.2) is 6.29 Å². The lowest BCUT2D eigenvalue weighted by Gasteiger charge is -2.02. The first kappa shape index (κ1) is 9.44. The minimum absolute atomic E-state index is 0.589. The van der Waals surface area contributed by atoms with Crippen molar-refractivity contribution in [3.05, 3.63) is 45.6 Å². The Balaban J connectivity index is 2.58. The van der Waals surface area contributed by atoms with Gasteiger partial charge in [-0.2, -0.15) is 11.3 Å². The van der Waals surface area contributed by atoms with E-state index in [2.05, 4.69) is 0 Å². The van der Waals surface area contributed by atoms with Crippen LogP contribution in [0.15, 0.2) is 35.0 Å². The summed E-state index contributed by atoms with van der Waals surface area (Å²) in [4.78, 5) is 10.8. The van der Waals surface area contributed by atoms with Crippen LogP contribution in [0.5, 0.6) is 0 Å². The first-order chi connectivity index (χ1) is 6.81. The van der Waals surface area contributed by atoms with E-state index in [0.29, 0.717) is 10.6 Å². The molecule has 0 aliphatic heterocycles. The van der Waals surface area contributed by atoms with Gasteiger partial charge in [0.25, 0.3) is 0 Å². The van der Waals surface area contributed by atoms with E-state index in [1.165, 1.54) is 0 Å². The fourth-order valence-electron chi connectivity index (χ4n) is 1.31. The fourth-order valence-corrected chi connectivity index (χ4v) is 2.15. The summed E-state index contributed by atoms with van der Waals surface area (Å²) in [6.45, 7) is 0. The third-order valence-electron chi connectivity index (χ3n) is 1.97. The molecule has 1 aromatic heterocycles. The summed E-state index contributed by atoms with van der Waals surface area (Å²) in [6.07, 6.45) is 0.832. The Morgan fingerprint density at radius 1 is 1.29 bits per heavy atom. The molecule has 2 aromatic rings. The van der Waals surface area contributed by atoms with Gasteiger partial charge in [-0.1, -0.05) is 17.7 Å². The van der Waals surface area contributed by atoms with Gasteiger partial charge in [-0.15, -0.1) is 0 Å². The van der Waals surface area contributed by atoms with Crippen LogP contribution in [0.3, 0.4) is 0 Å². The van der Waals surface area contributed by atoms with Crippen molar-refractivity contribution in [3.63, 3.8) is 0 Å². The van der Waals surface area contributed by atoms with Crippen LogP contribution in [0.25, 0.3) is 11.1 Å². The molecule has 0 amide bonds. The summed E-state index contributed by atoms with van der Waals surface area (Å²) in [5.41, 5.74) is 2.63. The van der Waals surface area contributed by atoms with Gasteiger partial charge in [0.05, 0.1) is 0 Å². The van der Waals surface area contributed by atoms with Crippen LogP contribution in [0.1, 0.15) is 10.4 Å². The van der Waals surface area contributed by atoms with Gasteiger partial charge < -0.3 is 0 Å². The van der Waals surface area contributed by atoms with Gasteiger partial charge in [-0.05, 0) is 40.1 Å². The summed E-state index contributed by atoms with van der Waals surface area (Å²) in [5.74, 6) is 0. The van der Waals surface area contributed by atoms with Crippen molar-refractivity contribution in [2.75, 3.05) is 0 Å². The van der Waals surface area contributed by atoms with E-state index in [0.717, 1.165) is 17.4 Å². The lowest BCUT2D eigenvalue weighted by molar-refractivity contribution is 0.112. The van der Waals surface area contributed by atoms with E-state index in [4.69, 9.17) is 11.6 Å². The standard InChI is InChI=1S/C11H7ClOS/c12-10-1-2-11(9(5-10)6-13)8-3-4-14-7-8/h1-7H. The summed E-state index contributed by atoms with van der Waals surface area (Å²) in [7, 11) is 0. The molecule has 0 saturated carbocycles. The summed E-state index contributed by atoms with van der Waals surface area (Å²) in [6, 6.07) is 7.33. The molecule has 0 spiro atoms. The Hall–Kier alpha value is -1.12. The Morgan fingerprint density at radius 3 is 2.79 bits per heavy atom. The highest BCUT2D eigenvalue weighted by molar-refractivity contribution is 7.08. The minimum Gasteiger partial charge on any atom is -0.298 e. The van der Waals surface area contributed by atoms with Gasteiger partial charge >= 0.3 is 0 Å². The smallest absolute Gasteiger partial charge is 0.150 e. The van der Waals surface area contributed by atoms with Gasteiger partial charge in [0.1, 0.15) is 0 Å². The van der Waals surface area contributed by atoms with E-state index in [1.54, 1.807) is 23.5 Å². The molecule has 3 heteroatoms. The van der Waals surface area contributed by atoms with Crippen molar-refractivity contribution in [2.24, 2.45) is 0 Å². The zero-order chi connectivity index (χ0) is 9.97. The number of halogens is 1. The maximum absolute atomic E-state index is 10.8. The molecule has 1 aromatic carbocycles. The molecule has 0 aliphatic rings. The van der Waals surface area contributed by atoms with Gasteiger partial charge in [0, 0.05) is 10.6 Å². The second kappa shape index (κ2) is 3.95. The van der Waals surface area contributed by atoms with Crippen LogP contribution in [-0.4, -0.2) is 6.29 Å². The number of benzene rings is 1. The molecule has 0 unspecified atom stereocenters. The SMILES string of the molecule is O=Cc1cc(Cl)ccc1-c1ccsc1. The number of thiophene rings is 1. The quantitative estimate of drug-likeness (QED) is 0.705. The van der Waals surface area contributed by atoms with Crippen LogP contribution >= 0.6 is 22.9 Å². The van der Waals surface area contributed by atoms with E-state index in [1.807, 2.05) is 22.9 Å². The zero-order valence-corrected chi connectivity index (χ0v) is 8.81. The lowest BCUT2D eigenvalue weighted by atomic mass is 10.0. The van der Waals surface area contributed by atoms with E-state index in [-0.39, 0.29) is 0 Å². The summed E-state index contributed by atoms with van der Waals surface area (Å²) < 4.78 is 0. The Morgan fingerprint density at radius 2 is 2.14 bits per heavy atom. The highest BCUT2D eigenvalue weighted by Crippen LogP contribution is 2.27. The Labute approximate surface area is 91.0 Å². The first-order valence-corrected chi connectivity index (χ1v) is 5.40. The maximum Gasteiger partial charge on any atom is 0.150 e. The Bertz CT molecular complexity index is 448. The lowest BCUT2D eigenvalue weighted by Crippen LogP contribution is -1.85. The molecule has 0 N–H and O–H groups in total. The van der Waals surface area contributed by atoms with Crippen molar-refractivity contribution in [3.8, 4) is 11.1 Å². The molecule has 0 saturated heterocycles. The van der Waals surface area contributed by atoms with Crippen molar-refractivity contribution < 1.29 is 4.79 Å². The molecule has 1 nitrogen and oxygen atoms in total. The largest absolute Gasteiger partial charge is 0.298 e. The molecule has 0 aliphatic carbocycles. The predicted molar refractivity (Wildman–Crippen MR) is 60.2 cm³/mol. The van der Waals surface area contributed by atoms with Crippen LogP contribution in [-0.2, 0) is 0 Å². The average molecular weight is 223 g/mol. The second-order valence-corrected chi connectivity index (χ2v) is 4.08. The van der Waals surface area contributed by atoms with E-state index < -0.39 is 0 Å². The Kier molecular flexibility index (Phi) is 2.66.